The molecule has 0 aromatic carbocycles. The van der Waals surface area contributed by atoms with Crippen LogP contribution in [-0.4, -0.2) is 28.9 Å². The summed E-state index contributed by atoms with van der Waals surface area (Å²) in [5.41, 5.74) is 4.55. The lowest BCUT2D eigenvalue weighted by atomic mass is 10.1. The largest absolute Gasteiger partial charge is 0.375 e. The molecule has 2 rings (SSSR count). The number of anilines is 2. The van der Waals surface area contributed by atoms with Gasteiger partial charge in [-0.05, 0) is 32.9 Å². The smallest absolute Gasteiger partial charge is 0.151 e. The van der Waals surface area contributed by atoms with Gasteiger partial charge >= 0.3 is 0 Å². The van der Waals surface area contributed by atoms with Gasteiger partial charge in [0.05, 0.1) is 17.4 Å². The maximum atomic E-state index is 4.48. The molecule has 108 valence electrons. The van der Waals surface area contributed by atoms with Crippen LogP contribution in [0.1, 0.15) is 29.9 Å². The molecule has 1 unspecified atom stereocenters. The standard InChI is InChI=1S/C15H23N5/c1-10(14-11(2)18-20(6)12(14)3)17-13-8-7-9-16-15(13)19(4)5/h7-10,17H,1-6H3. The van der Waals surface area contributed by atoms with E-state index in [2.05, 4.69) is 42.2 Å². The second-order valence-electron chi connectivity index (χ2n) is 5.34. The highest BCUT2D eigenvalue weighted by atomic mass is 15.3. The number of aromatic nitrogens is 3. The molecule has 0 spiro atoms. The van der Waals surface area contributed by atoms with Crippen molar-refractivity contribution >= 4 is 11.5 Å². The second kappa shape index (κ2) is 5.53. The summed E-state index contributed by atoms with van der Waals surface area (Å²) in [6.45, 7) is 6.31. The lowest BCUT2D eigenvalue weighted by Crippen LogP contribution is -2.16. The summed E-state index contributed by atoms with van der Waals surface area (Å²) in [6, 6.07) is 4.19. The molecule has 5 heteroatoms. The minimum absolute atomic E-state index is 0.187. The number of hydrogen-bond acceptors (Lipinski definition) is 4. The van der Waals surface area contributed by atoms with E-state index >= 15 is 0 Å². The van der Waals surface area contributed by atoms with Crippen LogP contribution >= 0.6 is 0 Å². The zero-order valence-corrected chi connectivity index (χ0v) is 13.1. The van der Waals surface area contributed by atoms with Crippen molar-refractivity contribution in [3.63, 3.8) is 0 Å². The molecule has 5 nitrogen and oxygen atoms in total. The molecule has 2 aromatic heterocycles. The van der Waals surface area contributed by atoms with Gasteiger partial charge in [-0.3, -0.25) is 4.68 Å². The SMILES string of the molecule is Cc1nn(C)c(C)c1C(C)Nc1cccnc1N(C)C. The van der Waals surface area contributed by atoms with Gasteiger partial charge in [0.2, 0.25) is 0 Å². The van der Waals surface area contributed by atoms with E-state index in [1.54, 1.807) is 0 Å². The van der Waals surface area contributed by atoms with Crippen LogP contribution in [0, 0.1) is 13.8 Å². The Morgan fingerprint density at radius 2 is 2.00 bits per heavy atom. The molecule has 2 aromatic rings. The third kappa shape index (κ3) is 2.61. The van der Waals surface area contributed by atoms with Crippen molar-refractivity contribution in [2.75, 3.05) is 24.3 Å². The van der Waals surface area contributed by atoms with E-state index in [1.165, 1.54) is 11.3 Å². The van der Waals surface area contributed by atoms with E-state index in [1.807, 2.05) is 43.0 Å². The summed E-state index contributed by atoms with van der Waals surface area (Å²) in [6.07, 6.45) is 1.81. The fourth-order valence-electron chi connectivity index (χ4n) is 2.59. The molecule has 0 aliphatic heterocycles. The van der Waals surface area contributed by atoms with E-state index in [0.717, 1.165) is 17.2 Å². The first-order valence-electron chi connectivity index (χ1n) is 6.80. The summed E-state index contributed by atoms with van der Waals surface area (Å²) in [5.74, 6) is 0.943. The van der Waals surface area contributed by atoms with Crippen LogP contribution in [0.2, 0.25) is 0 Å². The van der Waals surface area contributed by atoms with Crippen molar-refractivity contribution in [2.24, 2.45) is 7.05 Å². The fraction of sp³-hybridized carbons (Fsp3) is 0.467. The zero-order chi connectivity index (χ0) is 14.9. The Bertz CT molecular complexity index is 600. The summed E-state index contributed by atoms with van der Waals surface area (Å²) < 4.78 is 1.93. The van der Waals surface area contributed by atoms with E-state index in [9.17, 15) is 0 Å². The molecule has 1 atom stereocenters. The van der Waals surface area contributed by atoms with Crippen molar-refractivity contribution in [1.82, 2.24) is 14.8 Å². The molecule has 0 amide bonds. The number of aryl methyl sites for hydroxylation is 2. The van der Waals surface area contributed by atoms with Crippen molar-refractivity contribution < 1.29 is 0 Å². The lowest BCUT2D eigenvalue weighted by molar-refractivity contribution is 0.728. The molecule has 2 heterocycles. The molecule has 1 N–H and O–H groups in total. The maximum absolute atomic E-state index is 4.48. The molecular formula is C15H23N5. The number of rotatable bonds is 4. The Labute approximate surface area is 120 Å². The van der Waals surface area contributed by atoms with Crippen LogP contribution in [0.3, 0.4) is 0 Å². The third-order valence-corrected chi connectivity index (χ3v) is 3.58. The fourth-order valence-corrected chi connectivity index (χ4v) is 2.59. The van der Waals surface area contributed by atoms with Crippen molar-refractivity contribution in [3.8, 4) is 0 Å². The van der Waals surface area contributed by atoms with Crippen molar-refractivity contribution in [3.05, 3.63) is 35.3 Å². The van der Waals surface area contributed by atoms with E-state index in [-0.39, 0.29) is 6.04 Å². The quantitative estimate of drug-likeness (QED) is 0.930. The number of nitrogens with zero attached hydrogens (tertiary/aromatic N) is 4. The van der Waals surface area contributed by atoms with Gasteiger partial charge in [-0.2, -0.15) is 5.10 Å². The van der Waals surface area contributed by atoms with Crippen LogP contribution in [0.4, 0.5) is 11.5 Å². The summed E-state index contributed by atoms with van der Waals surface area (Å²) in [4.78, 5) is 6.43. The number of nitrogens with one attached hydrogen (secondary N) is 1. The van der Waals surface area contributed by atoms with E-state index < -0.39 is 0 Å². The van der Waals surface area contributed by atoms with Crippen molar-refractivity contribution in [1.29, 1.82) is 0 Å². The zero-order valence-electron chi connectivity index (χ0n) is 13.1. The molecular weight excluding hydrogens is 250 g/mol. The lowest BCUT2D eigenvalue weighted by Gasteiger charge is -2.21. The van der Waals surface area contributed by atoms with Crippen molar-refractivity contribution in [2.45, 2.75) is 26.8 Å². The molecule has 0 saturated heterocycles. The molecule has 0 bridgehead atoms. The summed E-state index contributed by atoms with van der Waals surface area (Å²) in [5, 5.41) is 8.03. The number of pyridine rings is 1. The molecule has 0 aliphatic rings. The van der Waals surface area contributed by atoms with Gasteiger partial charge in [-0.15, -0.1) is 0 Å². The monoisotopic (exact) mass is 273 g/mol. The Morgan fingerprint density at radius 3 is 2.55 bits per heavy atom. The summed E-state index contributed by atoms with van der Waals surface area (Å²) >= 11 is 0. The maximum Gasteiger partial charge on any atom is 0.151 e. The summed E-state index contributed by atoms with van der Waals surface area (Å²) in [7, 11) is 5.98. The average Bonchev–Trinajstić information content (AvgIpc) is 2.63. The first kappa shape index (κ1) is 14.4. The van der Waals surface area contributed by atoms with Crippen LogP contribution in [0.15, 0.2) is 18.3 Å². The first-order valence-corrected chi connectivity index (χ1v) is 6.80. The van der Waals surface area contributed by atoms with Gasteiger partial charge in [0.1, 0.15) is 0 Å². The van der Waals surface area contributed by atoms with Gasteiger partial charge in [0.25, 0.3) is 0 Å². The Balaban J connectivity index is 2.30. The Morgan fingerprint density at radius 1 is 1.30 bits per heavy atom. The number of hydrogen-bond donors (Lipinski definition) is 1. The van der Waals surface area contributed by atoms with Crippen LogP contribution < -0.4 is 10.2 Å². The highest BCUT2D eigenvalue weighted by Gasteiger charge is 2.17. The van der Waals surface area contributed by atoms with Gasteiger partial charge in [-0.25, -0.2) is 4.98 Å². The van der Waals surface area contributed by atoms with Gasteiger partial charge in [0.15, 0.2) is 5.82 Å². The average molecular weight is 273 g/mol. The highest BCUT2D eigenvalue weighted by Crippen LogP contribution is 2.28. The third-order valence-electron chi connectivity index (χ3n) is 3.58. The van der Waals surface area contributed by atoms with Crippen LogP contribution in [0.25, 0.3) is 0 Å². The topological polar surface area (TPSA) is 46.0 Å². The Kier molecular flexibility index (Phi) is 3.97. The van der Waals surface area contributed by atoms with E-state index in [0.29, 0.717) is 0 Å². The second-order valence-corrected chi connectivity index (χ2v) is 5.34. The molecule has 0 fully saturated rings. The molecule has 0 aliphatic carbocycles. The Hall–Kier alpha value is -2.04. The van der Waals surface area contributed by atoms with Crippen LogP contribution in [-0.2, 0) is 7.05 Å². The predicted molar refractivity (Wildman–Crippen MR) is 83.3 cm³/mol. The van der Waals surface area contributed by atoms with Gasteiger partial charge in [0, 0.05) is 38.6 Å². The minimum Gasteiger partial charge on any atom is -0.375 e. The van der Waals surface area contributed by atoms with Crippen LogP contribution in [0.5, 0.6) is 0 Å². The van der Waals surface area contributed by atoms with Gasteiger partial charge in [-0.1, -0.05) is 0 Å². The van der Waals surface area contributed by atoms with E-state index in [4.69, 9.17) is 0 Å². The molecule has 20 heavy (non-hydrogen) atoms. The molecule has 0 saturated carbocycles. The van der Waals surface area contributed by atoms with Gasteiger partial charge < -0.3 is 10.2 Å². The molecule has 0 radical (unpaired) electrons. The normalized spacial score (nSPS) is 12.3. The minimum atomic E-state index is 0.187. The highest BCUT2D eigenvalue weighted by molar-refractivity contribution is 5.65. The predicted octanol–water partition coefficient (Wildman–Crippen LogP) is 2.67. The first-order chi connectivity index (χ1) is 9.41.